The Kier molecular flexibility index (Phi) is 34.1. The fraction of sp³-hybridized carbons (Fsp3) is 0.371. The van der Waals surface area contributed by atoms with Crippen LogP contribution in [0.2, 0.25) is 0 Å². The smallest absolute Gasteiger partial charge is 0.396 e. The van der Waals surface area contributed by atoms with Crippen molar-refractivity contribution in [1.82, 2.24) is 34.7 Å². The molecule has 4 N–H and O–H groups in total. The number of carbonyl (C=O) groups is 11. The van der Waals surface area contributed by atoms with Crippen LogP contribution < -0.4 is 25.3 Å². The van der Waals surface area contributed by atoms with Gasteiger partial charge in [-0.15, -0.1) is 0 Å². The number of benzene rings is 8. The van der Waals surface area contributed by atoms with Crippen molar-refractivity contribution in [2.24, 2.45) is 16.6 Å². The van der Waals surface area contributed by atoms with Gasteiger partial charge in [0.1, 0.15) is 42.0 Å². The maximum Gasteiger partial charge on any atom is 0.396 e. The lowest BCUT2D eigenvalue weighted by atomic mass is 9.93. The Morgan fingerprint density at radius 2 is 0.840 bits per heavy atom. The first-order chi connectivity index (χ1) is 60.1. The van der Waals surface area contributed by atoms with E-state index in [1.54, 1.807) is 47.2 Å². The first-order valence-corrected chi connectivity index (χ1v) is 41.8. The molecule has 0 aromatic heterocycles. The molecule has 1 saturated heterocycles. The SMILES string of the molecule is CC(=O)C(=O)N1CCc2cc(OCCCC3CCN(C)CC3)ccc2C1.CN=C(N)c1ccc(COc2ccc3c(c2)CCN(C(=O)C(C)=O)C3)cc1.COC(=O)C(=O)N1CCc2cc(C)ccc2C1.COC(=O)C(=O)N1CCc2cc(O)ccc2C1.Cc1ccc2c(c1)CCNC2=O.[C-]#[N+]c1ccc(COc2ccc3c(c2)CCN(C(=O)C(=O)OC)C3)cc1. The molecule has 0 radical (unpaired) electrons. The van der Waals surface area contributed by atoms with Crippen LogP contribution in [0.15, 0.2) is 163 Å². The zero-order valence-corrected chi connectivity index (χ0v) is 72.5. The van der Waals surface area contributed by atoms with E-state index >= 15 is 0 Å². The number of nitrogens with two attached hydrogens (primary N) is 1. The van der Waals surface area contributed by atoms with Crippen molar-refractivity contribution in [1.29, 1.82) is 0 Å². The monoisotopic (exact) mass is 1700 g/mol. The number of phenolic OH excluding ortho intramolecular Hbond substituents is 1. The molecule has 0 saturated carbocycles. The van der Waals surface area contributed by atoms with E-state index in [0.717, 1.165) is 135 Å². The number of amidine groups is 1. The van der Waals surface area contributed by atoms with E-state index in [0.29, 0.717) is 103 Å². The van der Waals surface area contributed by atoms with Gasteiger partial charge in [0.2, 0.25) is 11.6 Å². The van der Waals surface area contributed by atoms with Gasteiger partial charge in [0.05, 0.1) is 34.5 Å². The molecule has 1 fully saturated rings. The number of esters is 3. The highest BCUT2D eigenvalue weighted by Gasteiger charge is 2.32. The Bertz CT molecular complexity index is 5240. The zero-order chi connectivity index (χ0) is 89.8. The molecule has 6 amide bonds. The molecule has 0 atom stereocenters. The fourth-order valence-electron chi connectivity index (χ4n) is 15.4. The summed E-state index contributed by atoms with van der Waals surface area (Å²) in [5, 5.41) is 12.2. The number of methoxy groups -OCH3 is 3. The van der Waals surface area contributed by atoms with Crippen LogP contribution in [0.25, 0.3) is 4.85 Å². The van der Waals surface area contributed by atoms with Gasteiger partial charge in [-0.2, -0.15) is 0 Å². The number of piperidine rings is 1. The molecule has 0 unspecified atom stereocenters. The third-order valence-electron chi connectivity index (χ3n) is 22.7. The highest BCUT2D eigenvalue weighted by atomic mass is 16.5. The average Bonchev–Trinajstić information content (AvgIpc) is 0.817. The zero-order valence-electron chi connectivity index (χ0n) is 72.5. The summed E-state index contributed by atoms with van der Waals surface area (Å²) in [6.45, 7) is 23.5. The summed E-state index contributed by atoms with van der Waals surface area (Å²) in [4.78, 5) is 144. The minimum Gasteiger partial charge on any atom is -0.508 e. The summed E-state index contributed by atoms with van der Waals surface area (Å²) in [5.74, 6) is -1.76. The van der Waals surface area contributed by atoms with Crippen molar-refractivity contribution < 1.29 is 86.3 Å². The van der Waals surface area contributed by atoms with E-state index in [-0.39, 0.29) is 17.6 Å². The number of hydrogen-bond donors (Lipinski definition) is 3. The number of nitrogens with one attached hydrogen (secondary N) is 1. The third-order valence-corrected chi connectivity index (χ3v) is 22.7. The number of ether oxygens (including phenoxy) is 6. The van der Waals surface area contributed by atoms with Gasteiger partial charge in [-0.3, -0.25) is 43.3 Å². The number of phenols is 1. The van der Waals surface area contributed by atoms with Gasteiger partial charge in [0.15, 0.2) is 5.69 Å². The van der Waals surface area contributed by atoms with E-state index in [4.69, 9.17) is 26.5 Å². The number of aliphatic imine (C=N–C) groups is 1. The molecule has 125 heavy (non-hydrogen) atoms. The van der Waals surface area contributed by atoms with E-state index in [9.17, 15) is 57.8 Å². The molecule has 0 aliphatic carbocycles. The Labute approximate surface area is 729 Å². The van der Waals surface area contributed by atoms with Crippen LogP contribution in [-0.4, -0.2) is 200 Å². The Morgan fingerprint density at radius 3 is 1.26 bits per heavy atom. The second-order valence-corrected chi connectivity index (χ2v) is 31.6. The maximum atomic E-state index is 11.9. The van der Waals surface area contributed by atoms with Crippen molar-refractivity contribution in [3.05, 3.63) is 264 Å². The van der Waals surface area contributed by atoms with Crippen molar-refractivity contribution in [2.75, 3.05) is 94.4 Å². The standard InChI is InChI=1S/C21H23N3O3.C21H30N2O3.C20H18N2O4.C13H15NO3.C12H13NO4.C10H11NO/c1-14(25)21(26)24-10-9-17-11-19(8-7-18(17)12-24)27-13-15-3-5-16(6-4-15)20(22)23-2;1-16(24)21(25)23-12-9-18-14-20(6-5-19(18)15-23)26-13-3-4-17-7-10-22(2)11-8-17;1-21-17-6-3-14(4-7-17)13-26-18-8-5-16-12-22(10-9-15(16)11-18)19(23)20(24)25-2;1-9-3-4-11-8-14(6-5-10(11)7-9)12(15)13(16)17-2;1-17-12(16)11(15)13-5-4-8-6-10(14)3-2-9(8)7-13;1-7-2-3-9-8(6-7)4-5-11-10(9)12/h3-8,11H,9-10,12-13H2,1-2H3,(H2,22,23);5-6,14,17H,3-4,7-13,15H2,1-2H3;3-8,11H,9-10,12-13H2,2H3;3-4,7H,5-6,8H2,1-2H3;2-3,6,14H,4-5,7H2,1H3;2-3,6H,4-5H2,1H3,(H,11,12). The second-order valence-electron chi connectivity index (χ2n) is 31.6. The number of rotatable bonds is 14. The van der Waals surface area contributed by atoms with E-state index in [2.05, 4.69) is 59.5 Å². The lowest BCUT2D eigenvalue weighted by Gasteiger charge is -2.29. The van der Waals surface area contributed by atoms with Crippen LogP contribution in [0.4, 0.5) is 5.69 Å². The molecule has 8 aromatic carbocycles. The van der Waals surface area contributed by atoms with Crippen molar-refractivity contribution in [3.8, 4) is 23.0 Å². The van der Waals surface area contributed by atoms with Crippen molar-refractivity contribution in [2.45, 2.75) is 138 Å². The van der Waals surface area contributed by atoms with Gasteiger partial charge in [-0.05, 0) is 231 Å². The largest absolute Gasteiger partial charge is 0.508 e. The summed E-state index contributed by atoms with van der Waals surface area (Å²) in [6, 6.07) is 50.0. The summed E-state index contributed by atoms with van der Waals surface area (Å²) < 4.78 is 31.0. The normalized spacial score (nSPS) is 14.8. The molecule has 28 nitrogen and oxygen atoms in total. The first-order valence-electron chi connectivity index (χ1n) is 41.8. The number of amides is 6. The number of aromatic hydroxyl groups is 1. The highest BCUT2D eigenvalue weighted by Crippen LogP contribution is 2.31. The van der Waals surface area contributed by atoms with Crippen LogP contribution in [0.1, 0.15) is 139 Å². The van der Waals surface area contributed by atoms with Crippen molar-refractivity contribution in [3.63, 3.8) is 0 Å². The van der Waals surface area contributed by atoms with E-state index < -0.39 is 53.1 Å². The van der Waals surface area contributed by atoms with Crippen LogP contribution >= 0.6 is 0 Å². The van der Waals surface area contributed by atoms with Gasteiger partial charge >= 0.3 is 35.6 Å². The highest BCUT2D eigenvalue weighted by molar-refractivity contribution is 6.36. The van der Waals surface area contributed by atoms with Gasteiger partial charge in [-0.25, -0.2) is 19.2 Å². The number of ketones is 2. The predicted octanol–water partition coefficient (Wildman–Crippen LogP) is 10.4. The molecule has 15 rings (SSSR count). The fourth-order valence-corrected chi connectivity index (χ4v) is 15.4. The first kappa shape index (κ1) is 93.7. The van der Waals surface area contributed by atoms with Crippen LogP contribution in [0, 0.1) is 26.3 Å². The van der Waals surface area contributed by atoms with Gasteiger partial charge in [0.25, 0.3) is 17.7 Å². The molecule has 7 aliphatic heterocycles. The molecule has 656 valence electrons. The van der Waals surface area contributed by atoms with Gasteiger partial charge in [-0.1, -0.05) is 114 Å². The number of likely N-dealkylation sites (tertiary alicyclic amines) is 1. The molecule has 7 aliphatic rings. The summed E-state index contributed by atoms with van der Waals surface area (Å²) >= 11 is 0. The molecule has 8 aromatic rings. The van der Waals surface area contributed by atoms with E-state index in [1.165, 1.54) is 110 Å². The molecular weight excluding hydrogens is 1590 g/mol. The summed E-state index contributed by atoms with van der Waals surface area (Å²) in [5.41, 5.74) is 24.8. The molecule has 0 spiro atoms. The Hall–Kier alpha value is -13.6. The second kappa shape index (κ2) is 45.5. The lowest BCUT2D eigenvalue weighted by Crippen LogP contribution is -2.40. The minimum atomic E-state index is -0.841. The maximum absolute atomic E-state index is 11.9. The number of nitrogens with zero attached hydrogens (tertiary/aromatic N) is 8. The third kappa shape index (κ3) is 26.7. The average molecular weight is 1700 g/mol. The molecular formula is C97H110N10O18. The van der Waals surface area contributed by atoms with Gasteiger partial charge < -0.3 is 74.0 Å². The van der Waals surface area contributed by atoms with Crippen LogP contribution in [0.3, 0.4) is 0 Å². The number of hydrogen-bond acceptors (Lipinski definition) is 20. The lowest BCUT2D eigenvalue weighted by molar-refractivity contribution is -0.158. The number of Topliss-reactive ketones (excluding diaryl/α,β-unsaturated/α-hetero) is 2. The Morgan fingerprint density at radius 1 is 0.464 bits per heavy atom. The summed E-state index contributed by atoms with van der Waals surface area (Å²) in [7, 11) is 7.48. The van der Waals surface area contributed by atoms with Crippen molar-refractivity contribution >= 4 is 76.4 Å². The topological polar surface area (TPSA) is 338 Å². The summed E-state index contributed by atoms with van der Waals surface area (Å²) in [6.07, 6.45) is 9.52. The number of aryl methyl sites for hydroxylation is 2. The quantitative estimate of drug-likeness (QED) is 0.0173. The minimum absolute atomic E-state index is 0.0660. The number of carbonyl (C=O) groups excluding carboxylic acids is 11. The van der Waals surface area contributed by atoms with Crippen LogP contribution in [0.5, 0.6) is 23.0 Å². The van der Waals surface area contributed by atoms with Crippen LogP contribution in [-0.2, 0) is 147 Å². The number of fused-ring (bicyclic) bond motifs is 6. The Balaban J connectivity index is 0.000000160. The van der Waals surface area contributed by atoms with Gasteiger partial charge in [0, 0.05) is 104 Å². The molecule has 28 heteroatoms. The predicted molar refractivity (Wildman–Crippen MR) is 468 cm³/mol. The molecule has 7 heterocycles. The van der Waals surface area contributed by atoms with E-state index in [1.807, 2.05) is 123 Å². The molecule has 0 bridgehead atoms.